The van der Waals surface area contributed by atoms with Gasteiger partial charge in [0, 0.05) is 36.0 Å². The number of para-hydroxylation sites is 1. The summed E-state index contributed by atoms with van der Waals surface area (Å²) in [5.74, 6) is -0.138. The molecular formula is C24H34N2. The van der Waals surface area contributed by atoms with Gasteiger partial charge in [-0.3, -0.25) is 0 Å². The molecule has 1 fully saturated rings. The van der Waals surface area contributed by atoms with Crippen molar-refractivity contribution in [2.24, 2.45) is 17.2 Å². The van der Waals surface area contributed by atoms with Gasteiger partial charge < -0.3 is 9.80 Å². The minimum absolute atomic E-state index is 0.0629. The lowest BCUT2D eigenvalue weighted by Gasteiger charge is -2.41. The second-order valence-electron chi connectivity index (χ2n) is 9.34. The van der Waals surface area contributed by atoms with Crippen molar-refractivity contribution >= 4 is 5.69 Å². The summed E-state index contributed by atoms with van der Waals surface area (Å²) >= 11 is 0. The van der Waals surface area contributed by atoms with Gasteiger partial charge in [-0.1, -0.05) is 64.3 Å². The van der Waals surface area contributed by atoms with Crippen molar-refractivity contribution in [3.05, 3.63) is 53.5 Å². The molecule has 140 valence electrons. The first-order valence-electron chi connectivity index (χ1n) is 10.8. The number of hydrogen-bond acceptors (Lipinski definition) is 2. The fourth-order valence-corrected chi connectivity index (χ4v) is 5.18. The van der Waals surface area contributed by atoms with E-state index in [1.165, 1.54) is 54.7 Å². The molecule has 2 atom stereocenters. The van der Waals surface area contributed by atoms with Gasteiger partial charge in [-0.05, 0) is 44.2 Å². The van der Waals surface area contributed by atoms with E-state index in [1.54, 1.807) is 0 Å². The van der Waals surface area contributed by atoms with E-state index in [9.17, 15) is 1.37 Å². The van der Waals surface area contributed by atoms with Gasteiger partial charge in [0.15, 0.2) is 0 Å². The molecule has 0 bridgehead atoms. The average Bonchev–Trinajstić information content (AvgIpc) is 3.13. The highest BCUT2D eigenvalue weighted by molar-refractivity contribution is 5.62. The van der Waals surface area contributed by atoms with E-state index in [4.69, 9.17) is 0 Å². The Morgan fingerprint density at radius 2 is 1.73 bits per heavy atom. The van der Waals surface area contributed by atoms with Crippen LogP contribution >= 0.6 is 0 Å². The zero-order chi connectivity index (χ0) is 19.4. The number of aryl methyl sites for hydroxylation is 1. The van der Waals surface area contributed by atoms with Crippen LogP contribution in [-0.2, 0) is 0 Å². The Kier molecular flexibility index (Phi) is 4.10. The van der Waals surface area contributed by atoms with E-state index in [0.717, 1.165) is 0 Å². The zero-order valence-corrected chi connectivity index (χ0v) is 17.0. The quantitative estimate of drug-likeness (QED) is 0.604. The van der Waals surface area contributed by atoms with Crippen LogP contribution in [0, 0.1) is 24.2 Å². The van der Waals surface area contributed by atoms with Crippen LogP contribution in [0.15, 0.2) is 47.9 Å². The highest BCUT2D eigenvalue weighted by Gasteiger charge is 2.48. The lowest BCUT2D eigenvalue weighted by molar-refractivity contribution is 0.190. The predicted molar refractivity (Wildman–Crippen MR) is 111 cm³/mol. The average molecular weight is 352 g/mol. The third kappa shape index (κ3) is 2.78. The Balaban J connectivity index is 1.83. The summed E-state index contributed by atoms with van der Waals surface area (Å²) in [5, 5.41) is 0. The Bertz CT molecular complexity index is 782. The Morgan fingerprint density at radius 1 is 1.04 bits per heavy atom. The molecule has 1 saturated carbocycles. The van der Waals surface area contributed by atoms with Crippen molar-refractivity contribution in [1.82, 2.24) is 4.90 Å². The summed E-state index contributed by atoms with van der Waals surface area (Å²) in [4.78, 5) is 4.92. The van der Waals surface area contributed by atoms with Crippen LogP contribution in [0.3, 0.4) is 0 Å². The standard InChI is InChI=1S/C24H34N2/c1-17-11-9-10-14-21(17)26-18(2)22-20(19-12-7-6-8-13-19)15-16-25(22)23(26)24(3,4)5/h9-11,14-16,19-20,23H,6-8,12-13H2,1-5H3/i20D. The smallest absolute Gasteiger partial charge is 0.115 e. The molecule has 1 aromatic rings. The summed E-state index contributed by atoms with van der Waals surface area (Å²) < 4.78 is 9.52. The molecule has 26 heavy (non-hydrogen) atoms. The van der Waals surface area contributed by atoms with Crippen LogP contribution in [0.2, 0.25) is 0 Å². The fraction of sp³-hybridized carbons (Fsp3) is 0.583. The van der Waals surface area contributed by atoms with Crippen LogP contribution in [-0.4, -0.2) is 11.1 Å². The molecule has 0 radical (unpaired) electrons. The number of anilines is 1. The Hall–Kier alpha value is -1.70. The normalized spacial score (nSPS) is 30.2. The third-order valence-electron chi connectivity index (χ3n) is 6.35. The van der Waals surface area contributed by atoms with Crippen molar-refractivity contribution in [3.63, 3.8) is 0 Å². The molecule has 1 aromatic carbocycles. The third-order valence-corrected chi connectivity index (χ3v) is 6.35. The summed E-state index contributed by atoms with van der Waals surface area (Å²) in [7, 11) is 0. The molecule has 0 aromatic heterocycles. The van der Waals surface area contributed by atoms with E-state index < -0.39 is 5.89 Å². The lowest BCUT2D eigenvalue weighted by Crippen LogP contribution is -2.47. The van der Waals surface area contributed by atoms with Gasteiger partial charge in [0.05, 0.1) is 0 Å². The Morgan fingerprint density at radius 3 is 2.38 bits per heavy atom. The monoisotopic (exact) mass is 351 g/mol. The van der Waals surface area contributed by atoms with E-state index in [0.29, 0.717) is 5.92 Å². The van der Waals surface area contributed by atoms with Gasteiger partial charge in [-0.15, -0.1) is 0 Å². The van der Waals surface area contributed by atoms with Crippen molar-refractivity contribution in [3.8, 4) is 0 Å². The molecular weight excluding hydrogens is 316 g/mol. The molecule has 4 rings (SSSR count). The van der Waals surface area contributed by atoms with Crippen molar-refractivity contribution in [2.75, 3.05) is 4.90 Å². The maximum Gasteiger partial charge on any atom is 0.115 e. The number of fused-ring (bicyclic) bond motifs is 1. The largest absolute Gasteiger partial charge is 0.328 e. The van der Waals surface area contributed by atoms with Gasteiger partial charge in [0.2, 0.25) is 0 Å². The number of nitrogens with zero attached hydrogens (tertiary/aromatic N) is 2. The molecule has 0 spiro atoms. The minimum atomic E-state index is -0.578. The molecule has 0 N–H and O–H groups in total. The van der Waals surface area contributed by atoms with Crippen molar-refractivity contribution in [1.29, 1.82) is 0 Å². The van der Waals surface area contributed by atoms with Gasteiger partial charge in [0.25, 0.3) is 0 Å². The molecule has 1 aliphatic carbocycles. The topological polar surface area (TPSA) is 6.48 Å². The van der Waals surface area contributed by atoms with Crippen LogP contribution in [0.25, 0.3) is 0 Å². The highest BCUT2D eigenvalue weighted by Crippen LogP contribution is 2.50. The first-order chi connectivity index (χ1) is 12.7. The minimum Gasteiger partial charge on any atom is -0.328 e. The Labute approximate surface area is 161 Å². The van der Waals surface area contributed by atoms with E-state index in [-0.39, 0.29) is 11.6 Å². The number of rotatable bonds is 2. The molecule has 2 heteroatoms. The van der Waals surface area contributed by atoms with Gasteiger partial charge in [0.1, 0.15) is 6.17 Å². The summed E-state index contributed by atoms with van der Waals surface area (Å²) in [5.41, 5.74) is 5.11. The second kappa shape index (κ2) is 6.48. The first kappa shape index (κ1) is 16.5. The van der Waals surface area contributed by atoms with Gasteiger partial charge >= 0.3 is 0 Å². The van der Waals surface area contributed by atoms with Crippen LogP contribution in [0.5, 0.6) is 0 Å². The summed E-state index contributed by atoms with van der Waals surface area (Å²) in [6, 6.07) is 8.67. The fourth-order valence-electron chi connectivity index (χ4n) is 5.18. The van der Waals surface area contributed by atoms with Crippen molar-refractivity contribution < 1.29 is 1.37 Å². The maximum atomic E-state index is 9.52. The molecule has 2 heterocycles. The van der Waals surface area contributed by atoms with E-state index in [2.05, 4.69) is 81.0 Å². The molecule has 0 saturated heterocycles. The lowest BCUT2D eigenvalue weighted by atomic mass is 9.79. The maximum absolute atomic E-state index is 9.52. The van der Waals surface area contributed by atoms with Gasteiger partial charge in [-0.25, -0.2) is 0 Å². The SMILES string of the molecule is [2H]C1(C2CCCCC2)C=CN2C1=C(C)N(c1ccccc1C)C2C(C)(C)C. The molecule has 2 nitrogen and oxygen atoms in total. The molecule has 0 amide bonds. The highest BCUT2D eigenvalue weighted by atomic mass is 15.4. The van der Waals surface area contributed by atoms with Crippen LogP contribution in [0.1, 0.15) is 66.7 Å². The van der Waals surface area contributed by atoms with Gasteiger partial charge in [-0.2, -0.15) is 0 Å². The first-order valence-corrected chi connectivity index (χ1v) is 10.3. The summed E-state index contributed by atoms with van der Waals surface area (Å²) in [6.45, 7) is 11.4. The molecule has 2 aliphatic heterocycles. The number of benzene rings is 1. The van der Waals surface area contributed by atoms with E-state index >= 15 is 0 Å². The van der Waals surface area contributed by atoms with E-state index in [1.807, 2.05) is 0 Å². The number of hydrogen-bond donors (Lipinski definition) is 0. The van der Waals surface area contributed by atoms with Crippen LogP contribution < -0.4 is 4.90 Å². The molecule has 2 unspecified atom stereocenters. The number of allylic oxidation sites excluding steroid dienone is 2. The second-order valence-corrected chi connectivity index (χ2v) is 9.34. The summed E-state index contributed by atoms with van der Waals surface area (Å²) in [6.07, 6.45) is 10.9. The van der Waals surface area contributed by atoms with Crippen LogP contribution in [0.4, 0.5) is 5.69 Å². The zero-order valence-electron chi connectivity index (χ0n) is 18.0. The molecule has 3 aliphatic rings. The van der Waals surface area contributed by atoms with Crippen molar-refractivity contribution in [2.45, 2.75) is 72.9 Å². The predicted octanol–water partition coefficient (Wildman–Crippen LogP) is 6.44.